The van der Waals surface area contributed by atoms with E-state index in [0.29, 0.717) is 11.5 Å². The van der Waals surface area contributed by atoms with Crippen LogP contribution in [0.25, 0.3) is 0 Å². The first-order valence-corrected chi connectivity index (χ1v) is 6.49. The molecule has 1 aliphatic rings. The average Bonchev–Trinajstić information content (AvgIpc) is 2.73. The molecule has 1 aliphatic carbocycles. The molecule has 1 fully saturated rings. The summed E-state index contributed by atoms with van der Waals surface area (Å²) in [6, 6.07) is 5.75. The molecule has 1 aromatic carbocycles. The lowest BCUT2D eigenvalue weighted by Crippen LogP contribution is -2.25. The van der Waals surface area contributed by atoms with Gasteiger partial charge in [-0.25, -0.2) is 0 Å². The Labute approximate surface area is 110 Å². The van der Waals surface area contributed by atoms with Gasteiger partial charge in [-0.15, -0.1) is 13.2 Å². The number of alkyl halides is 3. The SMILES string of the molecule is CC1CCCC1C(N)c1ccccc1OC(F)(F)F. The van der Waals surface area contributed by atoms with Gasteiger partial charge in [0.25, 0.3) is 0 Å². The van der Waals surface area contributed by atoms with Crippen LogP contribution in [-0.4, -0.2) is 6.36 Å². The minimum atomic E-state index is -4.68. The van der Waals surface area contributed by atoms with E-state index < -0.39 is 12.4 Å². The molecule has 1 aromatic rings. The highest BCUT2D eigenvalue weighted by molar-refractivity contribution is 5.36. The molecule has 19 heavy (non-hydrogen) atoms. The lowest BCUT2D eigenvalue weighted by atomic mass is 9.86. The minimum Gasteiger partial charge on any atom is -0.405 e. The molecule has 2 N–H and O–H groups in total. The van der Waals surface area contributed by atoms with E-state index in [1.54, 1.807) is 12.1 Å². The molecule has 0 spiro atoms. The van der Waals surface area contributed by atoms with Crippen LogP contribution in [0.15, 0.2) is 24.3 Å². The molecule has 0 aliphatic heterocycles. The highest BCUT2D eigenvalue weighted by Gasteiger charge is 2.35. The van der Waals surface area contributed by atoms with Crippen LogP contribution in [0.2, 0.25) is 0 Å². The Balaban J connectivity index is 2.23. The topological polar surface area (TPSA) is 35.2 Å². The third-order valence-electron chi connectivity index (χ3n) is 3.89. The van der Waals surface area contributed by atoms with E-state index in [2.05, 4.69) is 11.7 Å². The first kappa shape index (κ1) is 14.2. The molecule has 2 rings (SSSR count). The Morgan fingerprint density at radius 3 is 2.53 bits per heavy atom. The summed E-state index contributed by atoms with van der Waals surface area (Å²) in [5, 5.41) is 0. The van der Waals surface area contributed by atoms with Gasteiger partial charge in [-0.2, -0.15) is 0 Å². The number of hydrogen-bond acceptors (Lipinski definition) is 2. The van der Waals surface area contributed by atoms with Crippen LogP contribution in [0.1, 0.15) is 37.8 Å². The maximum atomic E-state index is 12.4. The van der Waals surface area contributed by atoms with Crippen LogP contribution in [0.4, 0.5) is 13.2 Å². The zero-order valence-corrected chi connectivity index (χ0v) is 10.8. The Hall–Kier alpha value is -1.23. The van der Waals surface area contributed by atoms with E-state index in [-0.39, 0.29) is 11.7 Å². The monoisotopic (exact) mass is 273 g/mol. The van der Waals surface area contributed by atoms with Crippen molar-refractivity contribution in [3.8, 4) is 5.75 Å². The molecule has 0 bridgehead atoms. The van der Waals surface area contributed by atoms with Gasteiger partial charge in [-0.1, -0.05) is 38.0 Å². The summed E-state index contributed by atoms with van der Waals surface area (Å²) in [5.74, 6) is 0.480. The van der Waals surface area contributed by atoms with Crippen molar-refractivity contribution in [1.29, 1.82) is 0 Å². The van der Waals surface area contributed by atoms with Crippen LogP contribution in [0.5, 0.6) is 5.75 Å². The fraction of sp³-hybridized carbons (Fsp3) is 0.571. The fourth-order valence-electron chi connectivity index (χ4n) is 2.91. The molecule has 106 valence electrons. The Morgan fingerprint density at radius 1 is 1.26 bits per heavy atom. The molecule has 3 unspecified atom stereocenters. The van der Waals surface area contributed by atoms with E-state index in [1.165, 1.54) is 12.1 Å². The maximum Gasteiger partial charge on any atom is 0.573 e. The first-order valence-electron chi connectivity index (χ1n) is 6.49. The van der Waals surface area contributed by atoms with E-state index in [1.807, 2.05) is 0 Å². The largest absolute Gasteiger partial charge is 0.573 e. The van der Waals surface area contributed by atoms with Crippen molar-refractivity contribution in [2.24, 2.45) is 17.6 Å². The van der Waals surface area contributed by atoms with Crippen LogP contribution in [-0.2, 0) is 0 Å². The summed E-state index contributed by atoms with van der Waals surface area (Å²) in [6.45, 7) is 2.10. The molecule has 0 heterocycles. The van der Waals surface area contributed by atoms with Gasteiger partial charge < -0.3 is 10.5 Å². The van der Waals surface area contributed by atoms with E-state index in [4.69, 9.17) is 5.73 Å². The van der Waals surface area contributed by atoms with Gasteiger partial charge in [0.05, 0.1) is 0 Å². The van der Waals surface area contributed by atoms with Gasteiger partial charge >= 0.3 is 6.36 Å². The van der Waals surface area contributed by atoms with Crippen molar-refractivity contribution >= 4 is 0 Å². The number of halogens is 3. The molecular weight excluding hydrogens is 255 g/mol. The molecule has 0 radical (unpaired) electrons. The molecule has 0 amide bonds. The molecule has 2 nitrogen and oxygen atoms in total. The second kappa shape index (κ2) is 5.41. The van der Waals surface area contributed by atoms with Crippen LogP contribution >= 0.6 is 0 Å². The predicted octanol–water partition coefficient (Wildman–Crippen LogP) is 4.02. The summed E-state index contributed by atoms with van der Waals surface area (Å²) in [6.07, 6.45) is -1.55. The van der Waals surface area contributed by atoms with Gasteiger partial charge in [0, 0.05) is 11.6 Å². The zero-order chi connectivity index (χ0) is 14.0. The van der Waals surface area contributed by atoms with Crippen LogP contribution < -0.4 is 10.5 Å². The molecule has 0 saturated heterocycles. The minimum absolute atomic E-state index is 0.179. The molecule has 1 saturated carbocycles. The lowest BCUT2D eigenvalue weighted by Gasteiger charge is -2.25. The number of rotatable bonds is 3. The summed E-state index contributed by atoms with van der Waals surface area (Å²) < 4.78 is 41.2. The molecule has 3 atom stereocenters. The third-order valence-corrected chi connectivity index (χ3v) is 3.89. The number of hydrogen-bond donors (Lipinski definition) is 1. The summed E-state index contributed by atoms with van der Waals surface area (Å²) in [5.41, 5.74) is 6.61. The summed E-state index contributed by atoms with van der Waals surface area (Å²) in [7, 11) is 0. The molecular formula is C14H18F3NO. The van der Waals surface area contributed by atoms with Crippen molar-refractivity contribution in [3.05, 3.63) is 29.8 Å². The number of ether oxygens (including phenoxy) is 1. The predicted molar refractivity (Wildman–Crippen MR) is 66.6 cm³/mol. The second-order valence-corrected chi connectivity index (χ2v) is 5.18. The van der Waals surface area contributed by atoms with Crippen LogP contribution in [0.3, 0.4) is 0 Å². The summed E-state index contributed by atoms with van der Waals surface area (Å²) in [4.78, 5) is 0. The van der Waals surface area contributed by atoms with Crippen molar-refractivity contribution < 1.29 is 17.9 Å². The number of nitrogens with two attached hydrogens (primary N) is 1. The normalized spacial score (nSPS) is 25.3. The Bertz CT molecular complexity index is 433. The quantitative estimate of drug-likeness (QED) is 0.902. The highest BCUT2D eigenvalue weighted by atomic mass is 19.4. The van der Waals surface area contributed by atoms with Gasteiger partial charge in [-0.3, -0.25) is 0 Å². The number of para-hydroxylation sites is 1. The maximum absolute atomic E-state index is 12.4. The van der Waals surface area contributed by atoms with Gasteiger partial charge in [-0.05, 0) is 24.3 Å². The van der Waals surface area contributed by atoms with Crippen molar-refractivity contribution in [2.45, 2.75) is 38.6 Å². The first-order chi connectivity index (χ1) is 8.88. The van der Waals surface area contributed by atoms with Crippen molar-refractivity contribution in [3.63, 3.8) is 0 Å². The lowest BCUT2D eigenvalue weighted by molar-refractivity contribution is -0.275. The molecule has 5 heteroatoms. The van der Waals surface area contributed by atoms with E-state index in [9.17, 15) is 13.2 Å². The Morgan fingerprint density at radius 2 is 1.95 bits per heavy atom. The van der Waals surface area contributed by atoms with Gasteiger partial charge in [0.2, 0.25) is 0 Å². The van der Waals surface area contributed by atoms with Gasteiger partial charge in [0.1, 0.15) is 5.75 Å². The smallest absolute Gasteiger partial charge is 0.405 e. The number of benzene rings is 1. The van der Waals surface area contributed by atoms with E-state index in [0.717, 1.165) is 19.3 Å². The van der Waals surface area contributed by atoms with Crippen molar-refractivity contribution in [2.75, 3.05) is 0 Å². The molecule has 0 aromatic heterocycles. The fourth-order valence-corrected chi connectivity index (χ4v) is 2.91. The summed E-state index contributed by atoms with van der Waals surface area (Å²) >= 11 is 0. The van der Waals surface area contributed by atoms with Crippen LogP contribution in [0, 0.1) is 11.8 Å². The van der Waals surface area contributed by atoms with Gasteiger partial charge in [0.15, 0.2) is 0 Å². The zero-order valence-electron chi connectivity index (χ0n) is 10.8. The van der Waals surface area contributed by atoms with E-state index >= 15 is 0 Å². The second-order valence-electron chi connectivity index (χ2n) is 5.18. The highest BCUT2D eigenvalue weighted by Crippen LogP contribution is 2.41. The standard InChI is InChI=1S/C14H18F3NO/c1-9-5-4-7-10(9)13(18)11-6-2-3-8-12(11)19-14(15,16)17/h2-3,6,8-10,13H,4-5,7,18H2,1H3. The Kier molecular flexibility index (Phi) is 4.04. The average molecular weight is 273 g/mol. The van der Waals surface area contributed by atoms with Crippen molar-refractivity contribution in [1.82, 2.24) is 0 Å². The third kappa shape index (κ3) is 3.41.